The highest BCUT2D eigenvalue weighted by molar-refractivity contribution is 5.88. The Bertz CT molecular complexity index is 470. The molecule has 5 nitrogen and oxygen atoms in total. The molecular formula is C13H16N2O3. The Morgan fingerprint density at radius 2 is 2.28 bits per heavy atom. The summed E-state index contributed by atoms with van der Waals surface area (Å²) in [7, 11) is 0. The average Bonchev–Trinajstić information content (AvgIpc) is 2.54. The van der Waals surface area contributed by atoms with Crippen LogP contribution >= 0.6 is 0 Å². The lowest BCUT2D eigenvalue weighted by molar-refractivity contribution is -0.144. The first-order valence-electron chi connectivity index (χ1n) is 5.86. The molecule has 0 spiro atoms. The molecule has 18 heavy (non-hydrogen) atoms. The molecule has 0 bridgehead atoms. The van der Waals surface area contributed by atoms with Crippen molar-refractivity contribution in [3.8, 4) is 0 Å². The first-order valence-corrected chi connectivity index (χ1v) is 5.86. The van der Waals surface area contributed by atoms with E-state index in [1.165, 1.54) is 0 Å². The Labute approximate surface area is 105 Å². The van der Waals surface area contributed by atoms with Crippen molar-refractivity contribution in [3.05, 3.63) is 30.1 Å². The molecule has 1 aromatic rings. The average molecular weight is 248 g/mol. The largest absolute Gasteiger partial charge is 0.481 e. The molecule has 0 radical (unpaired) electrons. The van der Waals surface area contributed by atoms with Crippen LogP contribution in [0.15, 0.2) is 24.4 Å². The fourth-order valence-electron chi connectivity index (χ4n) is 2.38. The van der Waals surface area contributed by atoms with Gasteiger partial charge in [0.1, 0.15) is 0 Å². The highest BCUT2D eigenvalue weighted by atomic mass is 16.4. The number of amides is 1. The van der Waals surface area contributed by atoms with Crippen molar-refractivity contribution in [1.82, 2.24) is 9.88 Å². The zero-order valence-corrected chi connectivity index (χ0v) is 10.5. The monoisotopic (exact) mass is 248 g/mol. The van der Waals surface area contributed by atoms with Crippen LogP contribution < -0.4 is 0 Å². The first-order chi connectivity index (χ1) is 8.43. The van der Waals surface area contributed by atoms with Crippen LogP contribution in [-0.4, -0.2) is 32.4 Å². The summed E-state index contributed by atoms with van der Waals surface area (Å²) >= 11 is 0. The summed E-state index contributed by atoms with van der Waals surface area (Å²) in [6.07, 6.45) is 1.73. The number of likely N-dealkylation sites (tertiary alicyclic amines) is 1. The maximum atomic E-state index is 11.9. The summed E-state index contributed by atoms with van der Waals surface area (Å²) in [5.41, 5.74) is 0.0884. The van der Waals surface area contributed by atoms with Crippen LogP contribution in [0.5, 0.6) is 0 Å². The van der Waals surface area contributed by atoms with Gasteiger partial charge < -0.3 is 10.0 Å². The van der Waals surface area contributed by atoms with E-state index in [2.05, 4.69) is 4.98 Å². The molecule has 0 aromatic carbocycles. The zero-order chi connectivity index (χ0) is 13.3. The van der Waals surface area contributed by atoms with E-state index in [0.29, 0.717) is 6.54 Å². The number of hydrogen-bond acceptors (Lipinski definition) is 3. The van der Waals surface area contributed by atoms with Gasteiger partial charge in [0.05, 0.1) is 23.7 Å². The van der Waals surface area contributed by atoms with Gasteiger partial charge in [-0.3, -0.25) is 14.6 Å². The number of carboxylic acids is 1. The van der Waals surface area contributed by atoms with Crippen molar-refractivity contribution in [2.24, 2.45) is 5.92 Å². The number of carboxylic acid groups (broad SMARTS) is 1. The SMILES string of the molecule is CC1(C)C(C(=O)O)CC(=O)N1Cc1ccccn1. The number of carbonyl (C=O) groups is 2. The summed E-state index contributed by atoms with van der Waals surface area (Å²) in [6, 6.07) is 5.49. The fraction of sp³-hybridized carbons (Fsp3) is 0.462. The highest BCUT2D eigenvalue weighted by Gasteiger charge is 2.49. The summed E-state index contributed by atoms with van der Waals surface area (Å²) < 4.78 is 0. The lowest BCUT2D eigenvalue weighted by Crippen LogP contribution is -2.45. The van der Waals surface area contributed by atoms with Crippen molar-refractivity contribution in [2.75, 3.05) is 0 Å². The fourth-order valence-corrected chi connectivity index (χ4v) is 2.38. The van der Waals surface area contributed by atoms with Crippen molar-refractivity contribution < 1.29 is 14.7 Å². The molecule has 0 saturated carbocycles. The van der Waals surface area contributed by atoms with Crippen LogP contribution in [0.3, 0.4) is 0 Å². The number of carbonyl (C=O) groups excluding carboxylic acids is 1. The molecule has 1 N–H and O–H groups in total. The number of pyridine rings is 1. The Morgan fingerprint density at radius 3 is 2.78 bits per heavy atom. The van der Waals surface area contributed by atoms with Crippen LogP contribution in [0, 0.1) is 5.92 Å². The molecule has 1 fully saturated rings. The standard InChI is InChI=1S/C13H16N2O3/c1-13(2)10(12(17)18)7-11(16)15(13)8-9-5-3-4-6-14-9/h3-6,10H,7-8H2,1-2H3,(H,17,18). The number of aromatic nitrogens is 1. The van der Waals surface area contributed by atoms with Crippen LogP contribution in [0.4, 0.5) is 0 Å². The van der Waals surface area contributed by atoms with E-state index in [4.69, 9.17) is 5.11 Å². The molecule has 0 aliphatic carbocycles. The normalized spacial score (nSPS) is 22.2. The van der Waals surface area contributed by atoms with Gasteiger partial charge in [0.25, 0.3) is 0 Å². The predicted molar refractivity (Wildman–Crippen MR) is 64.6 cm³/mol. The minimum absolute atomic E-state index is 0.0646. The number of rotatable bonds is 3. The van der Waals surface area contributed by atoms with Crippen molar-refractivity contribution in [3.63, 3.8) is 0 Å². The van der Waals surface area contributed by atoms with Crippen molar-refractivity contribution in [2.45, 2.75) is 32.4 Å². The predicted octanol–water partition coefficient (Wildman–Crippen LogP) is 1.29. The van der Waals surface area contributed by atoms with Crippen LogP contribution in [0.2, 0.25) is 0 Å². The third kappa shape index (κ3) is 2.08. The van der Waals surface area contributed by atoms with Gasteiger partial charge in [0.15, 0.2) is 0 Å². The number of nitrogens with zero attached hydrogens (tertiary/aromatic N) is 2. The van der Waals surface area contributed by atoms with Crippen molar-refractivity contribution in [1.29, 1.82) is 0 Å². The van der Waals surface area contributed by atoms with E-state index < -0.39 is 17.4 Å². The smallest absolute Gasteiger partial charge is 0.309 e. The molecule has 1 unspecified atom stereocenters. The van der Waals surface area contributed by atoms with Gasteiger partial charge in [0, 0.05) is 12.6 Å². The summed E-state index contributed by atoms with van der Waals surface area (Å²) in [5, 5.41) is 9.16. The highest BCUT2D eigenvalue weighted by Crippen LogP contribution is 2.36. The first kappa shape index (κ1) is 12.5. The Kier molecular flexibility index (Phi) is 3.07. The minimum Gasteiger partial charge on any atom is -0.481 e. The molecule has 2 rings (SSSR count). The topological polar surface area (TPSA) is 70.5 Å². The molecule has 5 heteroatoms. The molecule has 1 saturated heterocycles. The van der Waals surface area contributed by atoms with Gasteiger partial charge in [-0.05, 0) is 26.0 Å². The van der Waals surface area contributed by atoms with Gasteiger partial charge >= 0.3 is 5.97 Å². The zero-order valence-electron chi connectivity index (χ0n) is 10.5. The molecule has 96 valence electrons. The maximum Gasteiger partial charge on any atom is 0.309 e. The van der Waals surface area contributed by atoms with Gasteiger partial charge in [-0.15, -0.1) is 0 Å². The van der Waals surface area contributed by atoms with E-state index in [1.807, 2.05) is 12.1 Å². The van der Waals surface area contributed by atoms with Gasteiger partial charge in [-0.25, -0.2) is 0 Å². The third-order valence-corrected chi connectivity index (χ3v) is 3.57. The van der Waals surface area contributed by atoms with Crippen LogP contribution in [0.1, 0.15) is 26.0 Å². The molecule has 2 heterocycles. The van der Waals surface area contributed by atoms with Crippen LogP contribution in [0.25, 0.3) is 0 Å². The summed E-state index contributed by atoms with van der Waals surface area (Å²) in [5.74, 6) is -1.70. The second-order valence-electron chi connectivity index (χ2n) is 5.05. The molecule has 1 amide bonds. The molecular weight excluding hydrogens is 232 g/mol. The van der Waals surface area contributed by atoms with E-state index in [-0.39, 0.29) is 12.3 Å². The minimum atomic E-state index is -0.920. The third-order valence-electron chi connectivity index (χ3n) is 3.57. The Hall–Kier alpha value is -1.91. The molecule has 1 aliphatic heterocycles. The Balaban J connectivity index is 2.23. The second-order valence-corrected chi connectivity index (χ2v) is 5.05. The van der Waals surface area contributed by atoms with Gasteiger partial charge in [0.2, 0.25) is 5.91 Å². The summed E-state index contributed by atoms with van der Waals surface area (Å²) in [4.78, 5) is 28.9. The van der Waals surface area contributed by atoms with Gasteiger partial charge in [-0.1, -0.05) is 6.07 Å². The lowest BCUT2D eigenvalue weighted by Gasteiger charge is -2.34. The molecule has 1 atom stereocenters. The quantitative estimate of drug-likeness (QED) is 0.875. The summed E-state index contributed by atoms with van der Waals surface area (Å²) in [6.45, 7) is 3.94. The number of hydrogen-bond donors (Lipinski definition) is 1. The molecule has 1 aromatic heterocycles. The van der Waals surface area contributed by atoms with Crippen molar-refractivity contribution >= 4 is 11.9 Å². The van der Waals surface area contributed by atoms with E-state index >= 15 is 0 Å². The van der Waals surface area contributed by atoms with E-state index in [9.17, 15) is 9.59 Å². The number of aliphatic carboxylic acids is 1. The second kappa shape index (κ2) is 4.40. The van der Waals surface area contributed by atoms with Gasteiger partial charge in [-0.2, -0.15) is 0 Å². The molecule has 1 aliphatic rings. The Morgan fingerprint density at radius 1 is 1.56 bits per heavy atom. The van der Waals surface area contributed by atoms with E-state index in [1.54, 1.807) is 31.0 Å². The lowest BCUT2D eigenvalue weighted by atomic mass is 9.88. The van der Waals surface area contributed by atoms with Crippen LogP contribution in [-0.2, 0) is 16.1 Å². The van der Waals surface area contributed by atoms with E-state index in [0.717, 1.165) is 5.69 Å². The maximum absolute atomic E-state index is 11.9.